The lowest BCUT2D eigenvalue weighted by Gasteiger charge is -2.08. The number of rotatable bonds is 4. The second-order valence-electron chi connectivity index (χ2n) is 3.51. The third-order valence-corrected chi connectivity index (χ3v) is 3.42. The van der Waals surface area contributed by atoms with Gasteiger partial charge in [-0.1, -0.05) is 6.92 Å². The highest BCUT2D eigenvalue weighted by atomic mass is 127. The Hall–Kier alpha value is -0.880. The van der Waals surface area contributed by atoms with Crippen molar-refractivity contribution in [2.75, 3.05) is 6.54 Å². The van der Waals surface area contributed by atoms with Crippen LogP contribution >= 0.6 is 22.6 Å². The first kappa shape index (κ1) is 11.6. The zero-order valence-corrected chi connectivity index (χ0v) is 11.3. The SMILES string of the molecule is CCNCc1cc(-n2cccn2)ccc1I. The van der Waals surface area contributed by atoms with Crippen LogP contribution in [0, 0.1) is 3.57 Å². The summed E-state index contributed by atoms with van der Waals surface area (Å²) in [5.41, 5.74) is 2.42. The second-order valence-corrected chi connectivity index (χ2v) is 4.67. The van der Waals surface area contributed by atoms with Crippen LogP contribution in [0.3, 0.4) is 0 Å². The van der Waals surface area contributed by atoms with Gasteiger partial charge in [-0.2, -0.15) is 5.10 Å². The van der Waals surface area contributed by atoms with E-state index in [9.17, 15) is 0 Å². The molecule has 0 aliphatic heterocycles. The lowest BCUT2D eigenvalue weighted by atomic mass is 10.2. The maximum absolute atomic E-state index is 4.23. The Labute approximate surface area is 109 Å². The van der Waals surface area contributed by atoms with E-state index in [0.717, 1.165) is 18.8 Å². The van der Waals surface area contributed by atoms with Crippen molar-refractivity contribution >= 4 is 22.6 Å². The van der Waals surface area contributed by atoms with Gasteiger partial charge in [-0.15, -0.1) is 0 Å². The summed E-state index contributed by atoms with van der Waals surface area (Å²) in [5, 5.41) is 7.57. The van der Waals surface area contributed by atoms with Gasteiger partial charge >= 0.3 is 0 Å². The molecule has 4 heteroatoms. The second kappa shape index (κ2) is 5.45. The summed E-state index contributed by atoms with van der Waals surface area (Å²) in [7, 11) is 0. The van der Waals surface area contributed by atoms with Gasteiger partial charge in [0.25, 0.3) is 0 Å². The minimum absolute atomic E-state index is 0.907. The molecule has 0 saturated carbocycles. The number of hydrogen-bond donors (Lipinski definition) is 1. The van der Waals surface area contributed by atoms with E-state index in [1.165, 1.54) is 9.13 Å². The van der Waals surface area contributed by atoms with Gasteiger partial charge in [0, 0.05) is 22.5 Å². The molecule has 1 aromatic heterocycles. The fourth-order valence-corrected chi connectivity index (χ4v) is 2.05. The van der Waals surface area contributed by atoms with Gasteiger partial charge in [0.15, 0.2) is 0 Å². The highest BCUT2D eigenvalue weighted by Crippen LogP contribution is 2.16. The molecule has 0 fully saturated rings. The van der Waals surface area contributed by atoms with Crippen molar-refractivity contribution in [3.63, 3.8) is 0 Å². The zero-order valence-electron chi connectivity index (χ0n) is 9.15. The van der Waals surface area contributed by atoms with Gasteiger partial charge in [0.2, 0.25) is 0 Å². The van der Waals surface area contributed by atoms with Crippen molar-refractivity contribution < 1.29 is 0 Å². The van der Waals surface area contributed by atoms with Crippen molar-refractivity contribution in [2.24, 2.45) is 0 Å². The summed E-state index contributed by atoms with van der Waals surface area (Å²) in [6.07, 6.45) is 3.75. The standard InChI is InChI=1S/C12H14IN3/c1-2-14-9-10-8-11(4-5-12(10)13)16-7-3-6-15-16/h3-8,14H,2,9H2,1H3. The Balaban J connectivity index is 2.28. The summed E-state index contributed by atoms with van der Waals surface area (Å²) in [6.45, 7) is 4.01. The predicted molar refractivity (Wildman–Crippen MR) is 73.7 cm³/mol. The highest BCUT2D eigenvalue weighted by molar-refractivity contribution is 14.1. The molecule has 0 spiro atoms. The maximum Gasteiger partial charge on any atom is 0.0649 e. The van der Waals surface area contributed by atoms with E-state index in [2.05, 4.69) is 58.1 Å². The quantitative estimate of drug-likeness (QED) is 0.875. The summed E-state index contributed by atoms with van der Waals surface area (Å²) in [4.78, 5) is 0. The molecule has 0 unspecified atom stereocenters. The van der Waals surface area contributed by atoms with Gasteiger partial charge in [0.1, 0.15) is 0 Å². The van der Waals surface area contributed by atoms with E-state index in [1.54, 1.807) is 6.20 Å². The molecule has 2 rings (SSSR count). The molecule has 0 aliphatic rings. The third kappa shape index (κ3) is 2.62. The van der Waals surface area contributed by atoms with Crippen LogP contribution in [0.4, 0.5) is 0 Å². The first-order valence-corrected chi connectivity index (χ1v) is 6.38. The lowest BCUT2D eigenvalue weighted by molar-refractivity contribution is 0.723. The summed E-state index contributed by atoms with van der Waals surface area (Å²) in [5.74, 6) is 0. The van der Waals surface area contributed by atoms with Gasteiger partial charge in [-0.05, 0) is 59.0 Å². The Morgan fingerprint density at radius 3 is 3.00 bits per heavy atom. The van der Waals surface area contributed by atoms with Crippen LogP contribution in [0.5, 0.6) is 0 Å². The minimum atomic E-state index is 0.907. The van der Waals surface area contributed by atoms with Crippen LogP contribution in [-0.2, 0) is 6.54 Å². The Morgan fingerprint density at radius 2 is 2.31 bits per heavy atom. The molecule has 1 heterocycles. The van der Waals surface area contributed by atoms with Crippen LogP contribution in [0.2, 0.25) is 0 Å². The lowest BCUT2D eigenvalue weighted by Crippen LogP contribution is -2.13. The van der Waals surface area contributed by atoms with Crippen LogP contribution in [-0.4, -0.2) is 16.3 Å². The molecule has 2 aromatic rings. The molecule has 0 radical (unpaired) electrons. The van der Waals surface area contributed by atoms with Gasteiger partial charge in [-0.25, -0.2) is 4.68 Å². The molecule has 1 N–H and O–H groups in total. The number of hydrogen-bond acceptors (Lipinski definition) is 2. The molecule has 1 aromatic carbocycles. The van der Waals surface area contributed by atoms with E-state index in [0.29, 0.717) is 0 Å². The van der Waals surface area contributed by atoms with Crippen LogP contribution < -0.4 is 5.32 Å². The van der Waals surface area contributed by atoms with E-state index in [1.807, 2.05) is 16.9 Å². The van der Waals surface area contributed by atoms with Crippen molar-refractivity contribution in [2.45, 2.75) is 13.5 Å². The summed E-state index contributed by atoms with van der Waals surface area (Å²) in [6, 6.07) is 8.33. The van der Waals surface area contributed by atoms with Gasteiger partial charge < -0.3 is 5.32 Å². The predicted octanol–water partition coefficient (Wildman–Crippen LogP) is 2.59. The smallest absolute Gasteiger partial charge is 0.0649 e. The maximum atomic E-state index is 4.23. The zero-order chi connectivity index (χ0) is 11.4. The molecular formula is C12H14IN3. The van der Waals surface area contributed by atoms with Crippen molar-refractivity contribution in [1.29, 1.82) is 0 Å². The first-order valence-electron chi connectivity index (χ1n) is 5.30. The van der Waals surface area contributed by atoms with Crippen LogP contribution in [0.15, 0.2) is 36.7 Å². The average Bonchev–Trinajstić information content (AvgIpc) is 2.81. The average molecular weight is 327 g/mol. The number of halogens is 1. The fraction of sp³-hybridized carbons (Fsp3) is 0.250. The largest absolute Gasteiger partial charge is 0.313 e. The van der Waals surface area contributed by atoms with Crippen LogP contribution in [0.1, 0.15) is 12.5 Å². The number of benzene rings is 1. The Kier molecular flexibility index (Phi) is 3.95. The van der Waals surface area contributed by atoms with E-state index in [4.69, 9.17) is 0 Å². The fourth-order valence-electron chi connectivity index (χ4n) is 1.52. The molecule has 0 atom stereocenters. The Morgan fingerprint density at radius 1 is 1.44 bits per heavy atom. The normalized spacial score (nSPS) is 10.6. The monoisotopic (exact) mass is 327 g/mol. The molecule has 0 aliphatic carbocycles. The van der Waals surface area contributed by atoms with E-state index < -0.39 is 0 Å². The first-order chi connectivity index (χ1) is 7.81. The number of nitrogens with zero attached hydrogens (tertiary/aromatic N) is 2. The third-order valence-electron chi connectivity index (χ3n) is 2.36. The van der Waals surface area contributed by atoms with E-state index >= 15 is 0 Å². The van der Waals surface area contributed by atoms with E-state index in [-0.39, 0.29) is 0 Å². The Bertz CT molecular complexity index is 451. The van der Waals surface area contributed by atoms with Gasteiger partial charge in [-0.3, -0.25) is 0 Å². The molecule has 0 amide bonds. The topological polar surface area (TPSA) is 29.9 Å². The molecule has 16 heavy (non-hydrogen) atoms. The highest BCUT2D eigenvalue weighted by Gasteiger charge is 2.02. The number of nitrogens with one attached hydrogen (secondary N) is 1. The molecule has 3 nitrogen and oxygen atoms in total. The van der Waals surface area contributed by atoms with Crippen LogP contribution in [0.25, 0.3) is 5.69 Å². The molecule has 84 valence electrons. The van der Waals surface area contributed by atoms with Gasteiger partial charge in [0.05, 0.1) is 5.69 Å². The summed E-state index contributed by atoms with van der Waals surface area (Å²) >= 11 is 2.36. The summed E-state index contributed by atoms with van der Waals surface area (Å²) < 4.78 is 3.17. The van der Waals surface area contributed by atoms with Crippen molar-refractivity contribution in [3.05, 3.63) is 45.8 Å². The minimum Gasteiger partial charge on any atom is -0.313 e. The van der Waals surface area contributed by atoms with Crippen molar-refractivity contribution in [3.8, 4) is 5.69 Å². The number of aromatic nitrogens is 2. The van der Waals surface area contributed by atoms with Crippen molar-refractivity contribution in [1.82, 2.24) is 15.1 Å². The molecule has 0 saturated heterocycles. The molecule has 0 bridgehead atoms. The molecular weight excluding hydrogens is 313 g/mol.